The second-order valence-electron chi connectivity index (χ2n) is 7.21. The third-order valence-corrected chi connectivity index (χ3v) is 5.09. The van der Waals surface area contributed by atoms with E-state index in [9.17, 15) is 4.79 Å². The van der Waals surface area contributed by atoms with Crippen molar-refractivity contribution < 1.29 is 14.1 Å². The Morgan fingerprint density at radius 3 is 2.75 bits per heavy atom. The SMILES string of the molecule is O=C(CN(Cc1nc(C2CC2)no1)C[C@@H]1CCCO1)N1CCCC1. The van der Waals surface area contributed by atoms with Crippen LogP contribution in [0.25, 0.3) is 0 Å². The van der Waals surface area contributed by atoms with Gasteiger partial charge in [-0.25, -0.2) is 0 Å². The standard InChI is InChI=1S/C17H26N4O3/c22-16(21-7-1-2-8-21)12-20(10-14-4-3-9-23-14)11-15-18-17(19-24-15)13-5-6-13/h13-14H,1-12H2/t14-/m0/s1. The van der Waals surface area contributed by atoms with Crippen LogP contribution < -0.4 is 0 Å². The fraction of sp³-hybridized carbons (Fsp3) is 0.824. The molecule has 0 N–H and O–H groups in total. The molecule has 0 aromatic carbocycles. The fourth-order valence-corrected chi connectivity index (χ4v) is 3.55. The highest BCUT2D eigenvalue weighted by Gasteiger charge is 2.30. The van der Waals surface area contributed by atoms with Gasteiger partial charge in [0.05, 0.1) is 19.2 Å². The third kappa shape index (κ3) is 3.95. The molecule has 3 heterocycles. The predicted octanol–water partition coefficient (Wildman–Crippen LogP) is 1.55. The minimum atomic E-state index is 0.201. The van der Waals surface area contributed by atoms with Gasteiger partial charge in [-0.15, -0.1) is 0 Å². The molecular formula is C17H26N4O3. The van der Waals surface area contributed by atoms with Gasteiger partial charge in [-0.3, -0.25) is 9.69 Å². The minimum absolute atomic E-state index is 0.201. The first-order chi connectivity index (χ1) is 11.8. The fourth-order valence-electron chi connectivity index (χ4n) is 3.55. The monoisotopic (exact) mass is 334 g/mol. The zero-order valence-electron chi connectivity index (χ0n) is 14.2. The van der Waals surface area contributed by atoms with E-state index in [1.165, 1.54) is 0 Å². The van der Waals surface area contributed by atoms with Crippen molar-refractivity contribution in [2.75, 3.05) is 32.8 Å². The average molecular weight is 334 g/mol. The Morgan fingerprint density at radius 1 is 1.21 bits per heavy atom. The van der Waals surface area contributed by atoms with E-state index >= 15 is 0 Å². The largest absolute Gasteiger partial charge is 0.377 e. The van der Waals surface area contributed by atoms with Crippen molar-refractivity contribution in [3.05, 3.63) is 11.7 Å². The Morgan fingerprint density at radius 2 is 2.04 bits per heavy atom. The molecule has 1 amide bonds. The van der Waals surface area contributed by atoms with Gasteiger partial charge in [0.1, 0.15) is 0 Å². The quantitative estimate of drug-likeness (QED) is 0.753. The first-order valence-electron chi connectivity index (χ1n) is 9.22. The second kappa shape index (κ2) is 7.19. The zero-order valence-corrected chi connectivity index (χ0v) is 14.2. The van der Waals surface area contributed by atoms with Crippen LogP contribution in [-0.4, -0.2) is 64.7 Å². The van der Waals surface area contributed by atoms with Crippen molar-refractivity contribution in [1.29, 1.82) is 0 Å². The highest BCUT2D eigenvalue weighted by atomic mass is 16.5. The van der Waals surface area contributed by atoms with Crippen molar-refractivity contribution >= 4 is 5.91 Å². The minimum Gasteiger partial charge on any atom is -0.377 e. The van der Waals surface area contributed by atoms with Crippen molar-refractivity contribution in [3.63, 3.8) is 0 Å². The Bertz CT molecular complexity index is 560. The molecule has 0 unspecified atom stereocenters. The number of carbonyl (C=O) groups is 1. The van der Waals surface area contributed by atoms with Crippen molar-refractivity contribution in [3.8, 4) is 0 Å². The van der Waals surface area contributed by atoms with E-state index in [0.29, 0.717) is 24.9 Å². The summed E-state index contributed by atoms with van der Waals surface area (Å²) in [6, 6.07) is 0. The van der Waals surface area contributed by atoms with Crippen LogP contribution in [0.15, 0.2) is 4.52 Å². The number of rotatable bonds is 7. The van der Waals surface area contributed by atoms with E-state index in [2.05, 4.69) is 15.0 Å². The lowest BCUT2D eigenvalue weighted by Crippen LogP contribution is -2.41. The maximum Gasteiger partial charge on any atom is 0.240 e. The highest BCUT2D eigenvalue weighted by molar-refractivity contribution is 5.78. The summed E-state index contributed by atoms with van der Waals surface area (Å²) in [5, 5.41) is 4.08. The van der Waals surface area contributed by atoms with E-state index in [1.807, 2.05) is 4.90 Å². The van der Waals surface area contributed by atoms with Crippen LogP contribution in [-0.2, 0) is 16.1 Å². The van der Waals surface area contributed by atoms with Crippen LogP contribution in [0.1, 0.15) is 56.2 Å². The lowest BCUT2D eigenvalue weighted by Gasteiger charge is -2.25. The van der Waals surface area contributed by atoms with Crippen molar-refractivity contribution in [1.82, 2.24) is 19.9 Å². The van der Waals surface area contributed by atoms with Gasteiger partial charge in [-0.1, -0.05) is 5.16 Å². The number of nitrogens with zero attached hydrogens (tertiary/aromatic N) is 4. The Labute approximate surface area is 142 Å². The van der Waals surface area contributed by atoms with E-state index in [0.717, 1.165) is 70.6 Å². The van der Waals surface area contributed by atoms with Crippen LogP contribution >= 0.6 is 0 Å². The molecule has 24 heavy (non-hydrogen) atoms. The summed E-state index contributed by atoms with van der Waals surface area (Å²) < 4.78 is 11.1. The molecule has 1 atom stereocenters. The molecule has 1 aromatic heterocycles. The van der Waals surface area contributed by atoms with Gasteiger partial charge >= 0.3 is 0 Å². The average Bonchev–Trinajstić information content (AvgIpc) is 3.03. The number of hydrogen-bond donors (Lipinski definition) is 0. The van der Waals surface area contributed by atoms with Crippen molar-refractivity contribution in [2.24, 2.45) is 0 Å². The Kier molecular flexibility index (Phi) is 4.80. The summed E-state index contributed by atoms with van der Waals surface area (Å²) in [5.41, 5.74) is 0. The number of hydrogen-bond acceptors (Lipinski definition) is 6. The van der Waals surface area contributed by atoms with Gasteiger partial charge in [-0.2, -0.15) is 4.98 Å². The van der Waals surface area contributed by atoms with E-state index < -0.39 is 0 Å². The molecule has 2 saturated heterocycles. The summed E-state index contributed by atoms with van der Waals surface area (Å²) in [6.07, 6.45) is 6.93. The van der Waals surface area contributed by atoms with Gasteiger partial charge in [0.15, 0.2) is 5.82 Å². The maximum absolute atomic E-state index is 12.5. The van der Waals surface area contributed by atoms with Crippen LogP contribution in [0.4, 0.5) is 0 Å². The topological polar surface area (TPSA) is 71.7 Å². The summed E-state index contributed by atoms with van der Waals surface area (Å²) in [4.78, 5) is 21.1. The maximum atomic E-state index is 12.5. The Hall–Kier alpha value is -1.47. The number of aromatic nitrogens is 2. The van der Waals surface area contributed by atoms with Crippen LogP contribution in [0.5, 0.6) is 0 Å². The number of likely N-dealkylation sites (tertiary alicyclic amines) is 1. The lowest BCUT2D eigenvalue weighted by atomic mass is 10.2. The number of ether oxygens (including phenoxy) is 1. The van der Waals surface area contributed by atoms with E-state index in [-0.39, 0.29) is 12.0 Å². The molecule has 0 radical (unpaired) electrons. The summed E-state index contributed by atoms with van der Waals surface area (Å²) in [5.74, 6) is 2.13. The summed E-state index contributed by atoms with van der Waals surface area (Å²) in [7, 11) is 0. The van der Waals surface area contributed by atoms with Gasteiger partial charge < -0.3 is 14.2 Å². The second-order valence-corrected chi connectivity index (χ2v) is 7.21. The molecule has 4 rings (SSSR count). The van der Waals surface area contributed by atoms with Gasteiger partial charge in [0.2, 0.25) is 11.8 Å². The molecular weight excluding hydrogens is 308 g/mol. The van der Waals surface area contributed by atoms with Crippen LogP contribution in [0, 0.1) is 0 Å². The molecule has 1 aromatic rings. The van der Waals surface area contributed by atoms with E-state index in [4.69, 9.17) is 9.26 Å². The molecule has 0 spiro atoms. The molecule has 7 nitrogen and oxygen atoms in total. The number of carbonyl (C=O) groups excluding carboxylic acids is 1. The van der Waals surface area contributed by atoms with Crippen molar-refractivity contribution in [2.45, 2.75) is 57.1 Å². The van der Waals surface area contributed by atoms with Crippen LogP contribution in [0.2, 0.25) is 0 Å². The molecule has 0 bridgehead atoms. The van der Waals surface area contributed by atoms with Gasteiger partial charge in [0.25, 0.3) is 0 Å². The van der Waals surface area contributed by atoms with Crippen LogP contribution in [0.3, 0.4) is 0 Å². The smallest absolute Gasteiger partial charge is 0.240 e. The highest BCUT2D eigenvalue weighted by Crippen LogP contribution is 2.38. The molecule has 132 valence electrons. The molecule has 1 aliphatic carbocycles. The molecule has 3 aliphatic rings. The van der Waals surface area contributed by atoms with Gasteiger partial charge in [-0.05, 0) is 38.5 Å². The molecule has 3 fully saturated rings. The van der Waals surface area contributed by atoms with E-state index in [1.54, 1.807) is 0 Å². The summed E-state index contributed by atoms with van der Waals surface area (Å²) >= 11 is 0. The molecule has 7 heteroatoms. The number of amides is 1. The molecule has 2 aliphatic heterocycles. The molecule has 1 saturated carbocycles. The zero-order chi connectivity index (χ0) is 16.4. The predicted molar refractivity (Wildman–Crippen MR) is 86.3 cm³/mol. The Balaban J connectivity index is 1.38. The first-order valence-corrected chi connectivity index (χ1v) is 9.22. The lowest BCUT2D eigenvalue weighted by molar-refractivity contribution is -0.131. The third-order valence-electron chi connectivity index (χ3n) is 5.09. The first kappa shape index (κ1) is 16.0. The summed E-state index contributed by atoms with van der Waals surface area (Å²) in [6.45, 7) is 4.28. The van der Waals surface area contributed by atoms with Gasteiger partial charge in [0, 0.05) is 32.2 Å². The normalized spacial score (nSPS) is 24.2.